The van der Waals surface area contributed by atoms with Crippen LogP contribution in [0.3, 0.4) is 0 Å². The summed E-state index contributed by atoms with van der Waals surface area (Å²) in [5.41, 5.74) is 0. The first-order valence-corrected chi connectivity index (χ1v) is 10.2. The maximum Gasteiger partial charge on any atom is 0.194 e. The molecule has 1 N–H and O–H groups in total. The Bertz CT molecular complexity index is 582. The van der Waals surface area contributed by atoms with E-state index >= 15 is 0 Å². The van der Waals surface area contributed by atoms with Crippen LogP contribution in [-0.2, 0) is 9.47 Å². The van der Waals surface area contributed by atoms with Gasteiger partial charge in [0.15, 0.2) is 5.96 Å². The SMILES string of the molecule is CCNC(=NCCOc1ccc(Br)cc1)N1CCOC(C2CCCO2)C1.I. The summed E-state index contributed by atoms with van der Waals surface area (Å²) in [6.07, 6.45) is 2.58. The molecule has 152 valence electrons. The van der Waals surface area contributed by atoms with Crippen molar-refractivity contribution in [2.75, 3.05) is 46.0 Å². The average Bonchev–Trinajstić information content (AvgIpc) is 3.21. The molecule has 6 nitrogen and oxygen atoms in total. The van der Waals surface area contributed by atoms with Crippen LogP contribution in [0.2, 0.25) is 0 Å². The minimum absolute atomic E-state index is 0. The van der Waals surface area contributed by atoms with Gasteiger partial charge in [-0.15, -0.1) is 24.0 Å². The van der Waals surface area contributed by atoms with Gasteiger partial charge >= 0.3 is 0 Å². The van der Waals surface area contributed by atoms with E-state index in [1.165, 1.54) is 0 Å². The van der Waals surface area contributed by atoms with E-state index in [-0.39, 0.29) is 36.2 Å². The number of ether oxygens (including phenoxy) is 3. The molecule has 1 aromatic carbocycles. The summed E-state index contributed by atoms with van der Waals surface area (Å²) < 4.78 is 18.5. The fraction of sp³-hybridized carbons (Fsp3) is 0.632. The van der Waals surface area contributed by atoms with E-state index in [4.69, 9.17) is 19.2 Å². The second kappa shape index (κ2) is 12.1. The second-order valence-electron chi connectivity index (χ2n) is 6.44. The normalized spacial score (nSPS) is 23.0. The molecule has 2 aliphatic heterocycles. The Morgan fingerprint density at radius 1 is 1.26 bits per heavy atom. The first kappa shape index (κ1) is 22.7. The number of hydrogen-bond acceptors (Lipinski definition) is 4. The van der Waals surface area contributed by atoms with Crippen molar-refractivity contribution in [1.29, 1.82) is 0 Å². The highest BCUT2D eigenvalue weighted by molar-refractivity contribution is 14.0. The van der Waals surface area contributed by atoms with E-state index in [0.29, 0.717) is 19.8 Å². The summed E-state index contributed by atoms with van der Waals surface area (Å²) in [5, 5.41) is 3.39. The summed E-state index contributed by atoms with van der Waals surface area (Å²) in [4.78, 5) is 7.01. The number of nitrogens with zero attached hydrogens (tertiary/aromatic N) is 2. The molecule has 2 atom stereocenters. The lowest BCUT2D eigenvalue weighted by atomic mass is 10.1. The van der Waals surface area contributed by atoms with Crippen LogP contribution in [0.5, 0.6) is 5.75 Å². The molecule has 0 aliphatic carbocycles. The molecule has 8 heteroatoms. The van der Waals surface area contributed by atoms with Crippen LogP contribution >= 0.6 is 39.9 Å². The first-order valence-electron chi connectivity index (χ1n) is 9.41. The molecule has 0 radical (unpaired) electrons. The van der Waals surface area contributed by atoms with Gasteiger partial charge in [0.25, 0.3) is 0 Å². The lowest BCUT2D eigenvalue weighted by Gasteiger charge is -2.37. The van der Waals surface area contributed by atoms with Crippen LogP contribution in [0.4, 0.5) is 0 Å². The summed E-state index contributed by atoms with van der Waals surface area (Å²) in [6.45, 7) is 7.33. The Hall–Kier alpha value is -0.580. The monoisotopic (exact) mass is 553 g/mol. The third-order valence-electron chi connectivity index (χ3n) is 4.54. The van der Waals surface area contributed by atoms with Crippen LogP contribution in [-0.4, -0.2) is 69.1 Å². The molecule has 2 saturated heterocycles. The number of hydrogen-bond donors (Lipinski definition) is 1. The van der Waals surface area contributed by atoms with Gasteiger partial charge in [0.2, 0.25) is 0 Å². The predicted molar refractivity (Wildman–Crippen MR) is 121 cm³/mol. The number of nitrogens with one attached hydrogen (secondary N) is 1. The van der Waals surface area contributed by atoms with E-state index in [1.807, 2.05) is 24.3 Å². The Morgan fingerprint density at radius 2 is 2.04 bits per heavy atom. The van der Waals surface area contributed by atoms with Gasteiger partial charge in [-0.05, 0) is 44.0 Å². The van der Waals surface area contributed by atoms with Gasteiger partial charge in [0.05, 0.1) is 19.3 Å². The topological polar surface area (TPSA) is 55.3 Å². The second-order valence-corrected chi connectivity index (χ2v) is 7.36. The number of guanidine groups is 1. The number of aliphatic imine (C=N–C) groups is 1. The Morgan fingerprint density at radius 3 is 2.74 bits per heavy atom. The van der Waals surface area contributed by atoms with Gasteiger partial charge < -0.3 is 24.4 Å². The molecule has 2 aliphatic rings. The first-order chi connectivity index (χ1) is 12.8. The van der Waals surface area contributed by atoms with Gasteiger partial charge in [0.1, 0.15) is 18.5 Å². The van der Waals surface area contributed by atoms with Crippen LogP contribution in [0.25, 0.3) is 0 Å². The highest BCUT2D eigenvalue weighted by Gasteiger charge is 2.32. The molecular formula is C19H29BrIN3O3. The van der Waals surface area contributed by atoms with Gasteiger partial charge in [0, 0.05) is 30.7 Å². The molecule has 0 amide bonds. The zero-order valence-corrected chi connectivity index (χ0v) is 19.6. The predicted octanol–water partition coefficient (Wildman–Crippen LogP) is 3.29. The van der Waals surface area contributed by atoms with Crippen molar-refractivity contribution in [3.8, 4) is 5.75 Å². The van der Waals surface area contributed by atoms with E-state index in [9.17, 15) is 0 Å². The summed E-state index contributed by atoms with van der Waals surface area (Å²) >= 11 is 3.43. The molecule has 1 aromatic rings. The fourth-order valence-corrected chi connectivity index (χ4v) is 3.52. The molecule has 0 bridgehead atoms. The van der Waals surface area contributed by atoms with Crippen molar-refractivity contribution in [3.05, 3.63) is 28.7 Å². The molecule has 2 fully saturated rings. The minimum Gasteiger partial charge on any atom is -0.492 e. The minimum atomic E-state index is 0. The van der Waals surface area contributed by atoms with Crippen LogP contribution in [0.15, 0.2) is 33.7 Å². The van der Waals surface area contributed by atoms with Gasteiger partial charge in [-0.2, -0.15) is 0 Å². The number of halogens is 2. The van der Waals surface area contributed by atoms with Crippen molar-refractivity contribution in [3.63, 3.8) is 0 Å². The van der Waals surface area contributed by atoms with Crippen molar-refractivity contribution >= 4 is 45.9 Å². The quantitative estimate of drug-likeness (QED) is 0.253. The molecule has 2 heterocycles. The lowest BCUT2D eigenvalue weighted by molar-refractivity contribution is -0.0817. The number of rotatable bonds is 6. The van der Waals surface area contributed by atoms with E-state index in [2.05, 4.69) is 33.1 Å². The third-order valence-corrected chi connectivity index (χ3v) is 5.07. The van der Waals surface area contributed by atoms with Gasteiger partial charge in [-0.25, -0.2) is 4.99 Å². The van der Waals surface area contributed by atoms with E-state index < -0.39 is 0 Å². The fourth-order valence-electron chi connectivity index (χ4n) is 3.26. The molecule has 0 spiro atoms. The summed E-state index contributed by atoms with van der Waals surface area (Å²) in [5.74, 6) is 1.79. The average molecular weight is 554 g/mol. The van der Waals surface area contributed by atoms with Gasteiger partial charge in [-0.1, -0.05) is 15.9 Å². The molecule has 2 unspecified atom stereocenters. The molecule has 3 rings (SSSR count). The van der Waals surface area contributed by atoms with Crippen molar-refractivity contribution in [2.24, 2.45) is 4.99 Å². The molecule has 0 saturated carbocycles. The maximum absolute atomic E-state index is 5.94. The van der Waals surface area contributed by atoms with Crippen molar-refractivity contribution in [2.45, 2.75) is 32.0 Å². The summed E-state index contributed by atoms with van der Waals surface area (Å²) in [6, 6.07) is 7.85. The zero-order valence-electron chi connectivity index (χ0n) is 15.7. The van der Waals surface area contributed by atoms with Crippen LogP contribution in [0.1, 0.15) is 19.8 Å². The molecule has 27 heavy (non-hydrogen) atoms. The largest absolute Gasteiger partial charge is 0.492 e. The zero-order chi connectivity index (χ0) is 18.2. The van der Waals surface area contributed by atoms with Gasteiger partial charge in [-0.3, -0.25) is 0 Å². The van der Waals surface area contributed by atoms with Crippen LogP contribution in [0, 0.1) is 0 Å². The Balaban J connectivity index is 0.00000261. The smallest absolute Gasteiger partial charge is 0.194 e. The van der Waals surface area contributed by atoms with E-state index in [1.54, 1.807) is 0 Å². The molecular weight excluding hydrogens is 525 g/mol. The van der Waals surface area contributed by atoms with E-state index in [0.717, 1.165) is 55.3 Å². The highest BCUT2D eigenvalue weighted by atomic mass is 127. The van der Waals surface area contributed by atoms with Crippen molar-refractivity contribution in [1.82, 2.24) is 10.2 Å². The molecule has 0 aromatic heterocycles. The van der Waals surface area contributed by atoms with Crippen molar-refractivity contribution < 1.29 is 14.2 Å². The Labute approximate surface area is 187 Å². The maximum atomic E-state index is 5.94. The summed E-state index contributed by atoms with van der Waals surface area (Å²) in [7, 11) is 0. The number of morpholine rings is 1. The highest BCUT2D eigenvalue weighted by Crippen LogP contribution is 2.21. The van der Waals surface area contributed by atoms with Crippen LogP contribution < -0.4 is 10.1 Å². The number of benzene rings is 1. The Kier molecular flexibility index (Phi) is 10.2. The standard InChI is InChI=1S/C19H28BrN3O3.HI/c1-2-21-19(22-9-12-24-16-7-5-15(20)6-8-16)23-10-13-26-18(14-23)17-4-3-11-25-17;/h5-8,17-18H,2-4,9-14H2,1H3,(H,21,22);1H. The third kappa shape index (κ3) is 7.07. The lowest BCUT2D eigenvalue weighted by Crippen LogP contribution is -2.53.